The van der Waals surface area contributed by atoms with Gasteiger partial charge in [-0.1, -0.05) is 115 Å². The summed E-state index contributed by atoms with van der Waals surface area (Å²) in [6.45, 7) is 0. The Balaban J connectivity index is 1.36. The number of nitrogens with zero attached hydrogens (tertiary/aromatic N) is 4. The van der Waals surface area contributed by atoms with Crippen LogP contribution in [-0.2, 0) is 0 Å². The largest absolute Gasteiger partial charge is 0.455 e. The number of benzene rings is 6. The van der Waals surface area contributed by atoms with Crippen LogP contribution in [0.15, 0.2) is 150 Å². The van der Waals surface area contributed by atoms with Gasteiger partial charge in [0.25, 0.3) is 0 Å². The van der Waals surface area contributed by atoms with E-state index in [9.17, 15) is 0 Å². The van der Waals surface area contributed by atoms with E-state index in [1.54, 1.807) is 12.1 Å². The van der Waals surface area contributed by atoms with Gasteiger partial charge in [0.15, 0.2) is 17.5 Å². The molecule has 3 aromatic heterocycles. The molecule has 0 atom stereocenters. The third-order valence-corrected chi connectivity index (χ3v) is 7.65. The summed E-state index contributed by atoms with van der Waals surface area (Å²) in [5, 5.41) is 3.67. The fourth-order valence-corrected chi connectivity index (χ4v) is 5.82. The summed E-state index contributed by atoms with van der Waals surface area (Å²) in [5.74, 6) is -0.771. The summed E-state index contributed by atoms with van der Waals surface area (Å²) < 4.78 is 92.8. The molecule has 0 aliphatic heterocycles. The number of hydrogen-bond acceptors (Lipinski definition) is 4. The Morgan fingerprint density at radius 3 is 1.70 bits per heavy atom. The molecule has 0 aliphatic carbocycles. The van der Waals surface area contributed by atoms with E-state index < -0.39 is 60.4 Å². The lowest BCUT2D eigenvalue weighted by molar-refractivity contribution is 0.669. The number of fused-ring (bicyclic) bond motifs is 6. The molecule has 0 saturated heterocycles. The quantitative estimate of drug-likeness (QED) is 0.210. The van der Waals surface area contributed by atoms with Gasteiger partial charge < -0.3 is 8.98 Å². The Morgan fingerprint density at radius 1 is 0.523 bits per heavy atom. The Morgan fingerprint density at radius 2 is 1.07 bits per heavy atom. The van der Waals surface area contributed by atoms with Gasteiger partial charge >= 0.3 is 0 Å². The van der Waals surface area contributed by atoms with E-state index in [2.05, 4.69) is 43.8 Å². The van der Waals surface area contributed by atoms with Crippen molar-refractivity contribution in [3.8, 4) is 39.9 Å². The highest BCUT2D eigenvalue weighted by molar-refractivity contribution is 6.16. The van der Waals surface area contributed by atoms with E-state index in [0.29, 0.717) is 22.1 Å². The van der Waals surface area contributed by atoms with Crippen molar-refractivity contribution < 1.29 is 18.1 Å². The maximum Gasteiger partial charge on any atom is 0.167 e. The fraction of sp³-hybridized carbons (Fsp3) is 0. The topological polar surface area (TPSA) is 56.7 Å². The van der Waals surface area contributed by atoms with Crippen LogP contribution in [0.4, 0.5) is 0 Å². The van der Waals surface area contributed by atoms with Crippen LogP contribution in [0.1, 0.15) is 13.7 Å². The van der Waals surface area contributed by atoms with Crippen LogP contribution in [-0.4, -0.2) is 19.5 Å². The number of para-hydroxylation sites is 3. The Labute approximate surface area is 266 Å². The van der Waals surface area contributed by atoms with Crippen LogP contribution < -0.4 is 0 Å². The molecular weight excluding hydrogens is 540 g/mol. The van der Waals surface area contributed by atoms with Crippen LogP contribution in [0, 0.1) is 0 Å². The van der Waals surface area contributed by atoms with E-state index >= 15 is 0 Å². The van der Waals surface area contributed by atoms with E-state index in [1.807, 2.05) is 48.5 Å². The summed E-state index contributed by atoms with van der Waals surface area (Å²) >= 11 is 0. The molecule has 206 valence electrons. The van der Waals surface area contributed by atoms with Crippen molar-refractivity contribution in [2.24, 2.45) is 0 Å². The maximum absolute atomic E-state index is 8.66. The molecule has 0 N–H and O–H groups in total. The minimum atomic E-state index is -0.616. The van der Waals surface area contributed by atoms with Gasteiger partial charge in [0.05, 0.1) is 41.4 Å². The first-order valence-corrected chi connectivity index (χ1v) is 13.8. The number of furan rings is 1. The zero-order valence-corrected chi connectivity index (χ0v) is 22.8. The van der Waals surface area contributed by atoms with Crippen LogP contribution in [0.3, 0.4) is 0 Å². The predicted molar refractivity (Wildman–Crippen MR) is 178 cm³/mol. The van der Waals surface area contributed by atoms with Gasteiger partial charge in [0.2, 0.25) is 0 Å². The standard InChI is InChI=1S/C39H24N4O/c1-3-13-25(14-4-1)37-40-38(26-15-5-2-6-16-26)42-39(41-37)30-20-11-19-29-35-33(23-12-24-34(35)44-36(29)30)43-31-21-9-7-17-27(31)28-18-8-10-22-32(28)43/h1-24H/i1D,2D,3D,4D,5D,6D,13D,14D,15D,16D. The van der Waals surface area contributed by atoms with Gasteiger partial charge in [-0.2, -0.15) is 0 Å². The predicted octanol–water partition coefficient (Wildman–Crippen LogP) is 9.87. The van der Waals surface area contributed by atoms with Gasteiger partial charge in [-0.25, -0.2) is 15.0 Å². The number of aromatic nitrogens is 4. The molecule has 0 spiro atoms. The zero-order valence-electron chi connectivity index (χ0n) is 32.8. The van der Waals surface area contributed by atoms with Gasteiger partial charge in [-0.15, -0.1) is 0 Å². The second kappa shape index (κ2) is 9.75. The summed E-state index contributed by atoms with van der Waals surface area (Å²) in [4.78, 5) is 13.6. The molecular formula is C39H24N4O. The van der Waals surface area contributed by atoms with Crippen LogP contribution in [0.5, 0.6) is 0 Å². The molecule has 0 radical (unpaired) electrons. The van der Waals surface area contributed by atoms with E-state index in [1.165, 1.54) is 0 Å². The molecule has 0 unspecified atom stereocenters. The van der Waals surface area contributed by atoms with Crippen LogP contribution in [0.25, 0.3) is 83.6 Å². The average Bonchev–Trinajstić information content (AvgIpc) is 3.74. The van der Waals surface area contributed by atoms with Gasteiger partial charge in [-0.3, -0.25) is 0 Å². The lowest BCUT2D eigenvalue weighted by Crippen LogP contribution is -2.00. The van der Waals surface area contributed by atoms with Crippen molar-refractivity contribution in [1.82, 2.24) is 19.5 Å². The normalized spacial score (nSPS) is 14.8. The molecule has 5 heteroatoms. The van der Waals surface area contributed by atoms with Gasteiger partial charge in [0.1, 0.15) is 11.2 Å². The fourth-order valence-electron chi connectivity index (χ4n) is 5.82. The lowest BCUT2D eigenvalue weighted by atomic mass is 10.1. The number of rotatable bonds is 4. The highest BCUT2D eigenvalue weighted by Gasteiger charge is 2.21. The zero-order chi connectivity index (χ0) is 37.7. The summed E-state index contributed by atoms with van der Waals surface area (Å²) in [5.41, 5.74) is 3.43. The Kier molecular flexibility index (Phi) is 3.66. The van der Waals surface area contributed by atoms with Crippen molar-refractivity contribution in [2.45, 2.75) is 0 Å². The third-order valence-electron chi connectivity index (χ3n) is 7.65. The number of hydrogen-bond donors (Lipinski definition) is 0. The maximum atomic E-state index is 8.66. The van der Waals surface area contributed by atoms with Crippen molar-refractivity contribution in [3.05, 3.63) is 145 Å². The van der Waals surface area contributed by atoms with E-state index in [0.717, 1.165) is 32.9 Å². The highest BCUT2D eigenvalue weighted by atomic mass is 16.3. The first-order valence-electron chi connectivity index (χ1n) is 18.8. The minimum absolute atomic E-state index is 0.0725. The molecule has 3 heterocycles. The first kappa shape index (κ1) is 16.5. The minimum Gasteiger partial charge on any atom is -0.455 e. The molecule has 0 fully saturated rings. The van der Waals surface area contributed by atoms with Gasteiger partial charge in [0, 0.05) is 27.3 Å². The molecule has 0 aliphatic rings. The molecule has 0 amide bonds. The summed E-state index contributed by atoms with van der Waals surface area (Å²) in [6.07, 6.45) is 0. The van der Waals surface area contributed by atoms with Crippen molar-refractivity contribution in [1.29, 1.82) is 0 Å². The first-order chi connectivity index (χ1) is 26.0. The lowest BCUT2D eigenvalue weighted by Gasteiger charge is -2.10. The van der Waals surface area contributed by atoms with E-state index in [4.69, 9.17) is 18.1 Å². The SMILES string of the molecule is [2H]c1c([2H])c([2H])c(-c2nc(-c3c([2H])c([2H])c([2H])c([2H])c3[2H])nc(-c3cccc4c3oc3cccc(-n5c6ccccc6c6ccccc65)c34)n2)c([2H])c1[2H]. The van der Waals surface area contributed by atoms with Crippen LogP contribution in [0.2, 0.25) is 0 Å². The van der Waals surface area contributed by atoms with Crippen molar-refractivity contribution in [3.63, 3.8) is 0 Å². The Hall–Kier alpha value is -6.07. The molecule has 0 bridgehead atoms. The summed E-state index contributed by atoms with van der Waals surface area (Å²) in [7, 11) is 0. The average molecular weight is 575 g/mol. The molecule has 5 nitrogen and oxygen atoms in total. The second-order valence-electron chi connectivity index (χ2n) is 10.1. The molecule has 6 aromatic carbocycles. The molecule has 9 aromatic rings. The molecule has 44 heavy (non-hydrogen) atoms. The highest BCUT2D eigenvalue weighted by Crippen LogP contribution is 2.41. The van der Waals surface area contributed by atoms with Gasteiger partial charge in [-0.05, 0) is 30.3 Å². The molecule has 0 saturated carbocycles. The van der Waals surface area contributed by atoms with Crippen LogP contribution >= 0.6 is 0 Å². The van der Waals surface area contributed by atoms with E-state index in [-0.39, 0.29) is 28.6 Å². The summed E-state index contributed by atoms with van der Waals surface area (Å²) in [6, 6.07) is 21.4. The molecule has 9 rings (SSSR count). The third kappa shape index (κ3) is 3.76. The monoisotopic (exact) mass is 574 g/mol. The van der Waals surface area contributed by atoms with Crippen molar-refractivity contribution in [2.75, 3.05) is 0 Å². The second-order valence-corrected chi connectivity index (χ2v) is 10.1. The Bertz CT molecular complexity index is 2880. The van der Waals surface area contributed by atoms with Crippen molar-refractivity contribution >= 4 is 43.7 Å². The smallest absolute Gasteiger partial charge is 0.167 e.